The zero-order chi connectivity index (χ0) is 13.3. The van der Waals surface area contributed by atoms with Crippen molar-refractivity contribution in [3.63, 3.8) is 0 Å². The fourth-order valence-corrected chi connectivity index (χ4v) is 2.93. The van der Waals surface area contributed by atoms with Crippen molar-refractivity contribution in [1.29, 1.82) is 0 Å². The number of carbonyl (C=O) groups is 1. The van der Waals surface area contributed by atoms with Gasteiger partial charge in [-0.25, -0.2) is 0 Å². The molecule has 3 rings (SSSR count). The highest BCUT2D eigenvalue weighted by Crippen LogP contribution is 2.38. The topological polar surface area (TPSA) is 33.2 Å². The molecule has 1 aromatic carbocycles. The van der Waals surface area contributed by atoms with E-state index in [1.54, 1.807) is 11.7 Å². The van der Waals surface area contributed by atoms with Crippen LogP contribution in [0.15, 0.2) is 36.7 Å². The van der Waals surface area contributed by atoms with Crippen molar-refractivity contribution in [2.24, 2.45) is 0 Å². The van der Waals surface area contributed by atoms with Gasteiger partial charge in [-0.15, -0.1) is 0 Å². The van der Waals surface area contributed by atoms with E-state index in [-0.39, 0.29) is 0 Å². The van der Waals surface area contributed by atoms with Crippen LogP contribution in [0.25, 0.3) is 10.8 Å². The highest BCUT2D eigenvalue weighted by molar-refractivity contribution is 7.79. The molecular weight excluding hydrogens is 256 g/mol. The molecule has 3 nitrogen and oxygen atoms in total. The SMILES string of the molecule is O=CC1(N(C=S)c2ccc3ccncc3c2)CCC1. The van der Waals surface area contributed by atoms with E-state index >= 15 is 0 Å². The summed E-state index contributed by atoms with van der Waals surface area (Å²) < 4.78 is 0. The summed E-state index contributed by atoms with van der Waals surface area (Å²) in [6.45, 7) is 0. The number of pyridine rings is 1. The Balaban J connectivity index is 2.06. The van der Waals surface area contributed by atoms with Crippen molar-refractivity contribution in [2.75, 3.05) is 4.90 Å². The van der Waals surface area contributed by atoms with Crippen LogP contribution in [-0.2, 0) is 4.79 Å². The second-order valence-corrected chi connectivity index (χ2v) is 5.17. The van der Waals surface area contributed by atoms with Crippen LogP contribution in [0.5, 0.6) is 0 Å². The third kappa shape index (κ3) is 1.92. The molecule has 1 aromatic heterocycles. The van der Waals surface area contributed by atoms with Gasteiger partial charge in [-0.2, -0.15) is 0 Å². The molecule has 1 aliphatic rings. The van der Waals surface area contributed by atoms with E-state index in [4.69, 9.17) is 12.2 Å². The monoisotopic (exact) mass is 270 g/mol. The summed E-state index contributed by atoms with van der Waals surface area (Å²) in [6, 6.07) is 8.05. The molecule has 0 atom stereocenters. The third-order valence-electron chi connectivity index (χ3n) is 3.93. The van der Waals surface area contributed by atoms with E-state index in [2.05, 4.69) is 4.98 Å². The fourth-order valence-electron chi connectivity index (χ4n) is 2.60. The molecule has 1 saturated carbocycles. The van der Waals surface area contributed by atoms with E-state index in [0.29, 0.717) is 0 Å². The lowest BCUT2D eigenvalue weighted by Crippen LogP contribution is -2.54. The lowest BCUT2D eigenvalue weighted by Gasteiger charge is -2.45. The fraction of sp³-hybridized carbons (Fsp3) is 0.267. The molecule has 0 aliphatic heterocycles. The number of hydrogen-bond acceptors (Lipinski definition) is 3. The summed E-state index contributed by atoms with van der Waals surface area (Å²) >= 11 is 5.12. The van der Waals surface area contributed by atoms with Gasteiger partial charge in [0.1, 0.15) is 11.8 Å². The number of hydrogen-bond donors (Lipinski definition) is 0. The largest absolute Gasteiger partial charge is 0.326 e. The highest BCUT2D eigenvalue weighted by Gasteiger charge is 2.42. The average Bonchev–Trinajstić information content (AvgIpc) is 2.42. The van der Waals surface area contributed by atoms with E-state index in [1.807, 2.05) is 35.4 Å². The van der Waals surface area contributed by atoms with Gasteiger partial charge >= 0.3 is 0 Å². The smallest absolute Gasteiger partial charge is 0.145 e. The Morgan fingerprint density at radius 2 is 2.11 bits per heavy atom. The van der Waals surface area contributed by atoms with Crippen LogP contribution in [0.3, 0.4) is 0 Å². The Hall–Kier alpha value is -1.81. The molecular formula is C15H14N2OS. The predicted molar refractivity (Wildman–Crippen MR) is 80.5 cm³/mol. The van der Waals surface area contributed by atoms with Crippen LogP contribution in [0, 0.1) is 0 Å². The molecule has 0 bridgehead atoms. The van der Waals surface area contributed by atoms with Gasteiger partial charge < -0.3 is 9.69 Å². The molecule has 1 heterocycles. The summed E-state index contributed by atoms with van der Waals surface area (Å²) in [7, 11) is 0. The highest BCUT2D eigenvalue weighted by atomic mass is 32.1. The summed E-state index contributed by atoms with van der Waals surface area (Å²) in [5, 5.41) is 2.19. The molecule has 0 N–H and O–H groups in total. The minimum Gasteiger partial charge on any atom is -0.326 e. The van der Waals surface area contributed by atoms with Crippen LogP contribution in [-0.4, -0.2) is 22.3 Å². The zero-order valence-corrected chi connectivity index (χ0v) is 11.3. The molecule has 96 valence electrons. The van der Waals surface area contributed by atoms with Crippen molar-refractivity contribution >= 4 is 40.5 Å². The van der Waals surface area contributed by atoms with Gasteiger partial charge in [0.15, 0.2) is 0 Å². The molecule has 0 unspecified atom stereocenters. The molecule has 19 heavy (non-hydrogen) atoms. The molecule has 1 fully saturated rings. The number of benzene rings is 1. The lowest BCUT2D eigenvalue weighted by atomic mass is 9.76. The van der Waals surface area contributed by atoms with Gasteiger partial charge in [-0.05, 0) is 42.8 Å². The molecule has 1 aliphatic carbocycles. The number of anilines is 1. The second-order valence-electron chi connectivity index (χ2n) is 4.96. The predicted octanol–water partition coefficient (Wildman–Crippen LogP) is 3.12. The molecule has 2 aromatic rings. The van der Waals surface area contributed by atoms with Crippen molar-refractivity contribution in [3.05, 3.63) is 36.7 Å². The van der Waals surface area contributed by atoms with E-state index in [1.165, 1.54) is 0 Å². The van der Waals surface area contributed by atoms with Crippen LogP contribution < -0.4 is 4.90 Å². The maximum absolute atomic E-state index is 11.4. The van der Waals surface area contributed by atoms with Gasteiger partial charge in [0.2, 0.25) is 0 Å². The van der Waals surface area contributed by atoms with Crippen molar-refractivity contribution in [3.8, 4) is 0 Å². The number of thiocarbonyl (C=S) groups is 1. The van der Waals surface area contributed by atoms with Crippen LogP contribution >= 0.6 is 12.2 Å². The average molecular weight is 270 g/mol. The molecule has 0 saturated heterocycles. The second kappa shape index (κ2) is 4.70. The quantitative estimate of drug-likeness (QED) is 0.631. The van der Waals surface area contributed by atoms with Crippen LogP contribution in [0.2, 0.25) is 0 Å². The maximum atomic E-state index is 11.4. The zero-order valence-electron chi connectivity index (χ0n) is 10.5. The maximum Gasteiger partial charge on any atom is 0.145 e. The van der Waals surface area contributed by atoms with Gasteiger partial charge in [0.25, 0.3) is 0 Å². The van der Waals surface area contributed by atoms with Crippen LogP contribution in [0.1, 0.15) is 19.3 Å². The molecule has 0 spiro atoms. The lowest BCUT2D eigenvalue weighted by molar-refractivity contribution is -0.114. The van der Waals surface area contributed by atoms with E-state index in [0.717, 1.165) is 42.0 Å². The first-order valence-electron chi connectivity index (χ1n) is 6.34. The summed E-state index contributed by atoms with van der Waals surface area (Å²) in [5.74, 6) is 0. The van der Waals surface area contributed by atoms with Crippen molar-refractivity contribution in [1.82, 2.24) is 4.98 Å². The molecule has 4 heteroatoms. The minimum absolute atomic E-state index is 0.433. The first-order chi connectivity index (χ1) is 9.29. The van der Waals surface area contributed by atoms with Gasteiger partial charge in [-0.3, -0.25) is 4.98 Å². The standard InChI is InChI=1S/C15H14N2OS/c18-10-15(5-1-6-15)17(11-19)14-3-2-12-4-7-16-9-13(12)8-14/h2-4,7-11H,1,5-6H2. The number of carbonyl (C=O) groups excluding carboxylic acids is 1. The van der Waals surface area contributed by atoms with Crippen molar-refractivity contribution < 1.29 is 4.79 Å². The first-order valence-corrected chi connectivity index (χ1v) is 6.81. The Kier molecular flexibility index (Phi) is 3.03. The molecule has 0 radical (unpaired) electrons. The summed E-state index contributed by atoms with van der Waals surface area (Å²) in [6.07, 6.45) is 7.45. The summed E-state index contributed by atoms with van der Waals surface area (Å²) in [4.78, 5) is 17.5. The Bertz CT molecular complexity index is 637. The van der Waals surface area contributed by atoms with Gasteiger partial charge in [0, 0.05) is 23.5 Å². The van der Waals surface area contributed by atoms with Crippen molar-refractivity contribution in [2.45, 2.75) is 24.8 Å². The number of nitrogens with zero attached hydrogens (tertiary/aromatic N) is 2. The summed E-state index contributed by atoms with van der Waals surface area (Å²) in [5.41, 5.74) is 2.12. The first kappa shape index (κ1) is 12.2. The van der Waals surface area contributed by atoms with E-state index in [9.17, 15) is 4.79 Å². The van der Waals surface area contributed by atoms with Crippen LogP contribution in [0.4, 0.5) is 5.69 Å². The minimum atomic E-state index is -0.433. The third-order valence-corrected chi connectivity index (χ3v) is 4.14. The molecule has 0 amide bonds. The number of aromatic nitrogens is 1. The van der Waals surface area contributed by atoms with Gasteiger partial charge in [-0.1, -0.05) is 18.3 Å². The number of fused-ring (bicyclic) bond motifs is 1. The van der Waals surface area contributed by atoms with Gasteiger partial charge in [0.05, 0.1) is 5.49 Å². The number of rotatable bonds is 4. The Morgan fingerprint density at radius 1 is 1.26 bits per heavy atom. The normalized spacial score (nSPS) is 16.6. The number of aldehydes is 1. The Labute approximate surface area is 117 Å². The van der Waals surface area contributed by atoms with E-state index < -0.39 is 5.54 Å². The Morgan fingerprint density at radius 3 is 2.74 bits per heavy atom.